The first-order chi connectivity index (χ1) is 7.93. The Bertz CT molecular complexity index is 590. The molecule has 0 atom stereocenters. The van der Waals surface area contributed by atoms with Crippen LogP contribution in [-0.4, -0.2) is 10.4 Å². The van der Waals surface area contributed by atoms with Gasteiger partial charge in [0.15, 0.2) is 5.78 Å². The summed E-state index contributed by atoms with van der Waals surface area (Å²) in [6.07, 6.45) is 0. The highest BCUT2D eigenvalue weighted by Crippen LogP contribution is 2.29. The molecule has 0 amide bonds. The quantitative estimate of drug-likeness (QED) is 0.712. The molecule has 0 unspecified atom stereocenters. The first-order valence-electron chi connectivity index (χ1n) is 6.05. The third-order valence-electron chi connectivity index (χ3n) is 3.49. The van der Waals surface area contributed by atoms with Crippen LogP contribution in [0.2, 0.25) is 0 Å². The van der Waals surface area contributed by atoms with E-state index in [1.165, 1.54) is 22.2 Å². The Morgan fingerprint density at radius 1 is 1.24 bits per heavy atom. The van der Waals surface area contributed by atoms with Gasteiger partial charge in [-0.15, -0.1) is 0 Å². The minimum atomic E-state index is 0.126. The van der Waals surface area contributed by atoms with Crippen molar-refractivity contribution < 1.29 is 4.79 Å². The number of hydrogen-bond donors (Lipinski definition) is 0. The lowest BCUT2D eigenvalue weighted by molar-refractivity contribution is 0.101. The lowest BCUT2D eigenvalue weighted by atomic mass is 10.1. The highest BCUT2D eigenvalue weighted by atomic mass is 16.1. The number of fused-ring (bicyclic) bond motifs is 1. The second-order valence-corrected chi connectivity index (χ2v) is 4.96. The Hall–Kier alpha value is -1.57. The van der Waals surface area contributed by atoms with Crippen LogP contribution in [0.5, 0.6) is 0 Å². The Labute approximate surface area is 102 Å². The molecule has 0 fully saturated rings. The van der Waals surface area contributed by atoms with Gasteiger partial charge in [-0.2, -0.15) is 0 Å². The van der Waals surface area contributed by atoms with Crippen LogP contribution in [0.3, 0.4) is 0 Å². The van der Waals surface area contributed by atoms with Crippen LogP contribution in [0.25, 0.3) is 10.9 Å². The number of Topliss-reactive ketones (excluding diaryl/α,β-unsaturated/α-hetero) is 1. The van der Waals surface area contributed by atoms with Crippen molar-refractivity contribution in [1.29, 1.82) is 0 Å². The topological polar surface area (TPSA) is 22.0 Å². The number of aryl methyl sites for hydroxylation is 1. The molecule has 0 bridgehead atoms. The minimum absolute atomic E-state index is 0.126. The van der Waals surface area contributed by atoms with Gasteiger partial charge in [0, 0.05) is 28.2 Å². The lowest BCUT2D eigenvalue weighted by Gasteiger charge is -2.12. The maximum absolute atomic E-state index is 11.4. The number of benzene rings is 1. The third-order valence-corrected chi connectivity index (χ3v) is 3.49. The first-order valence-corrected chi connectivity index (χ1v) is 6.05. The van der Waals surface area contributed by atoms with E-state index >= 15 is 0 Å². The summed E-state index contributed by atoms with van der Waals surface area (Å²) in [5.41, 5.74) is 4.58. The normalized spacial score (nSPS) is 11.4. The maximum Gasteiger partial charge on any atom is 0.159 e. The van der Waals surface area contributed by atoms with E-state index in [2.05, 4.69) is 38.3 Å². The van der Waals surface area contributed by atoms with E-state index < -0.39 is 0 Å². The van der Waals surface area contributed by atoms with E-state index in [9.17, 15) is 4.79 Å². The summed E-state index contributed by atoms with van der Waals surface area (Å²) in [5.74, 6) is 0.126. The average molecular weight is 229 g/mol. The van der Waals surface area contributed by atoms with Crippen molar-refractivity contribution in [1.82, 2.24) is 4.57 Å². The summed E-state index contributed by atoms with van der Waals surface area (Å²) >= 11 is 0. The van der Waals surface area contributed by atoms with Crippen molar-refractivity contribution in [3.63, 3.8) is 0 Å². The van der Waals surface area contributed by atoms with Gasteiger partial charge in [0.1, 0.15) is 0 Å². The third kappa shape index (κ3) is 1.78. The van der Waals surface area contributed by atoms with Gasteiger partial charge in [-0.3, -0.25) is 4.79 Å². The molecule has 0 N–H and O–H groups in total. The fourth-order valence-corrected chi connectivity index (χ4v) is 2.49. The highest BCUT2D eigenvalue weighted by molar-refractivity contribution is 5.99. The van der Waals surface area contributed by atoms with Crippen LogP contribution in [0, 0.1) is 13.8 Å². The van der Waals surface area contributed by atoms with E-state index in [4.69, 9.17) is 0 Å². The van der Waals surface area contributed by atoms with Gasteiger partial charge in [-0.05, 0) is 58.4 Å². The second-order valence-electron chi connectivity index (χ2n) is 4.96. The van der Waals surface area contributed by atoms with Crippen LogP contribution in [0.15, 0.2) is 18.2 Å². The molecule has 0 radical (unpaired) electrons. The zero-order valence-corrected chi connectivity index (χ0v) is 11.2. The predicted octanol–water partition coefficient (Wildman–Crippen LogP) is 4.04. The molecule has 90 valence electrons. The maximum atomic E-state index is 11.4. The number of nitrogens with zero attached hydrogens (tertiary/aromatic N) is 1. The predicted molar refractivity (Wildman–Crippen MR) is 71.8 cm³/mol. The van der Waals surface area contributed by atoms with Crippen molar-refractivity contribution in [2.24, 2.45) is 0 Å². The summed E-state index contributed by atoms with van der Waals surface area (Å²) in [6.45, 7) is 10.3. The van der Waals surface area contributed by atoms with Crippen molar-refractivity contribution in [3.05, 3.63) is 35.0 Å². The molecule has 0 aliphatic rings. The molecule has 2 rings (SSSR count). The number of hydrogen-bond acceptors (Lipinski definition) is 1. The SMILES string of the molecule is CC(=O)c1ccc2c(c1)c(C)c(C)n2C(C)C. The monoisotopic (exact) mass is 229 g/mol. The van der Waals surface area contributed by atoms with Gasteiger partial charge in [0.2, 0.25) is 0 Å². The van der Waals surface area contributed by atoms with Gasteiger partial charge < -0.3 is 4.57 Å². The molecule has 0 aliphatic heterocycles. The number of rotatable bonds is 2. The second kappa shape index (κ2) is 4.02. The summed E-state index contributed by atoms with van der Waals surface area (Å²) in [4.78, 5) is 11.4. The summed E-state index contributed by atoms with van der Waals surface area (Å²) in [7, 11) is 0. The molecule has 1 heterocycles. The Morgan fingerprint density at radius 2 is 1.88 bits per heavy atom. The van der Waals surface area contributed by atoms with Gasteiger partial charge in [0.25, 0.3) is 0 Å². The Kier molecular flexibility index (Phi) is 2.82. The lowest BCUT2D eigenvalue weighted by Crippen LogP contribution is -2.02. The zero-order valence-electron chi connectivity index (χ0n) is 11.2. The van der Waals surface area contributed by atoms with Crippen LogP contribution in [0.4, 0.5) is 0 Å². The molecule has 0 spiro atoms. The van der Waals surface area contributed by atoms with Gasteiger partial charge in [-0.25, -0.2) is 0 Å². The van der Waals surface area contributed by atoms with Crippen molar-refractivity contribution in [3.8, 4) is 0 Å². The van der Waals surface area contributed by atoms with E-state index in [-0.39, 0.29) is 5.78 Å². The number of ketones is 1. The van der Waals surface area contributed by atoms with E-state index in [1.807, 2.05) is 12.1 Å². The molecule has 0 saturated heterocycles. The molecule has 0 saturated carbocycles. The van der Waals surface area contributed by atoms with E-state index in [0.29, 0.717) is 6.04 Å². The largest absolute Gasteiger partial charge is 0.342 e. The molecular formula is C15H19NO. The molecule has 2 heteroatoms. The van der Waals surface area contributed by atoms with Crippen LogP contribution in [0.1, 0.15) is 48.4 Å². The fourth-order valence-electron chi connectivity index (χ4n) is 2.49. The molecule has 1 aromatic heterocycles. The standard InChI is InChI=1S/C15H19NO/c1-9(2)16-11(4)10(3)14-8-13(12(5)17)6-7-15(14)16/h6-9H,1-5H3. The van der Waals surface area contributed by atoms with Crippen LogP contribution >= 0.6 is 0 Å². The minimum Gasteiger partial charge on any atom is -0.342 e. The average Bonchev–Trinajstić information content (AvgIpc) is 2.51. The number of carbonyl (C=O) groups excluding carboxylic acids is 1. The first kappa shape index (κ1) is 11.9. The number of carbonyl (C=O) groups is 1. The molecular weight excluding hydrogens is 210 g/mol. The van der Waals surface area contributed by atoms with Gasteiger partial charge >= 0.3 is 0 Å². The van der Waals surface area contributed by atoms with Crippen molar-refractivity contribution in [2.45, 2.75) is 40.7 Å². The smallest absolute Gasteiger partial charge is 0.159 e. The summed E-state index contributed by atoms with van der Waals surface area (Å²) in [5, 5.41) is 1.20. The Morgan fingerprint density at radius 3 is 2.41 bits per heavy atom. The molecule has 2 nitrogen and oxygen atoms in total. The highest BCUT2D eigenvalue weighted by Gasteiger charge is 2.13. The van der Waals surface area contributed by atoms with Crippen LogP contribution < -0.4 is 0 Å². The summed E-state index contributed by atoms with van der Waals surface area (Å²) in [6, 6.07) is 6.43. The molecule has 2 aromatic rings. The van der Waals surface area contributed by atoms with Gasteiger partial charge in [0.05, 0.1) is 0 Å². The van der Waals surface area contributed by atoms with Gasteiger partial charge in [-0.1, -0.05) is 0 Å². The van der Waals surface area contributed by atoms with Crippen LogP contribution in [-0.2, 0) is 0 Å². The fraction of sp³-hybridized carbons (Fsp3) is 0.400. The molecule has 0 aliphatic carbocycles. The number of aromatic nitrogens is 1. The zero-order chi connectivity index (χ0) is 12.7. The Balaban J connectivity index is 2.81. The molecule has 1 aromatic carbocycles. The van der Waals surface area contributed by atoms with E-state index in [1.54, 1.807) is 6.92 Å². The molecule has 17 heavy (non-hydrogen) atoms. The van der Waals surface area contributed by atoms with E-state index in [0.717, 1.165) is 5.56 Å². The van der Waals surface area contributed by atoms with Crippen molar-refractivity contribution >= 4 is 16.7 Å². The van der Waals surface area contributed by atoms with Crippen molar-refractivity contribution in [2.75, 3.05) is 0 Å². The summed E-state index contributed by atoms with van der Waals surface area (Å²) < 4.78 is 2.33.